The number of aromatic nitrogens is 4. The molecule has 1 aliphatic rings. The van der Waals surface area contributed by atoms with Crippen LogP contribution in [0.15, 0.2) is 71.9 Å². The summed E-state index contributed by atoms with van der Waals surface area (Å²) >= 11 is 0. The molecule has 7 nitrogen and oxygen atoms in total. The number of amides is 1. The normalized spacial score (nSPS) is 16.2. The molecule has 0 aliphatic carbocycles. The third-order valence-electron chi connectivity index (χ3n) is 5.91. The van der Waals surface area contributed by atoms with Crippen molar-refractivity contribution in [1.82, 2.24) is 24.3 Å². The molecule has 0 unspecified atom stereocenters. The number of nitrogens with zero attached hydrogens (tertiary/aromatic N) is 3. The first-order valence-electron chi connectivity index (χ1n) is 9.72. The quantitative estimate of drug-likeness (QED) is 0.566. The van der Waals surface area contributed by atoms with Crippen LogP contribution in [0.1, 0.15) is 34.6 Å². The molecule has 2 N–H and O–H groups in total. The van der Waals surface area contributed by atoms with E-state index in [1.807, 2.05) is 34.9 Å². The molecule has 0 spiro atoms. The van der Waals surface area contributed by atoms with Crippen LogP contribution in [0.25, 0.3) is 5.65 Å². The Morgan fingerprint density at radius 2 is 1.79 bits per heavy atom. The third kappa shape index (κ3) is 2.95. The van der Waals surface area contributed by atoms with Crippen LogP contribution < -0.4 is 5.69 Å². The number of aromatic amines is 2. The number of pyridine rings is 1. The molecule has 1 saturated heterocycles. The zero-order valence-electron chi connectivity index (χ0n) is 15.8. The predicted octanol–water partition coefficient (Wildman–Crippen LogP) is 2.57. The lowest BCUT2D eigenvalue weighted by molar-refractivity contribution is 0.0678. The van der Waals surface area contributed by atoms with Crippen molar-refractivity contribution in [2.45, 2.75) is 18.3 Å². The van der Waals surface area contributed by atoms with E-state index in [0.717, 1.165) is 24.2 Å². The second-order valence-electron chi connectivity index (χ2n) is 7.49. The Kier molecular flexibility index (Phi) is 4.08. The zero-order chi connectivity index (χ0) is 19.8. The third-order valence-corrected chi connectivity index (χ3v) is 5.91. The SMILES string of the molecule is O=C(c1c[nH]c(=O)[nH]1)N1CCC(c2ccccc2)(c2cn3ccccc3n2)CC1. The Labute approximate surface area is 167 Å². The highest BCUT2D eigenvalue weighted by Gasteiger charge is 2.41. The molecule has 1 amide bonds. The summed E-state index contributed by atoms with van der Waals surface area (Å²) in [6.45, 7) is 1.18. The number of benzene rings is 1. The van der Waals surface area contributed by atoms with Gasteiger partial charge < -0.3 is 19.3 Å². The molecule has 0 atom stereocenters. The van der Waals surface area contributed by atoms with E-state index >= 15 is 0 Å². The number of piperidine rings is 1. The largest absolute Gasteiger partial charge is 0.337 e. The van der Waals surface area contributed by atoms with Crippen LogP contribution in [0.2, 0.25) is 0 Å². The summed E-state index contributed by atoms with van der Waals surface area (Å²) in [6.07, 6.45) is 7.07. The lowest BCUT2D eigenvalue weighted by Gasteiger charge is -2.41. The Bertz CT molecular complexity index is 1180. The van der Waals surface area contributed by atoms with Crippen molar-refractivity contribution in [2.24, 2.45) is 0 Å². The van der Waals surface area contributed by atoms with Gasteiger partial charge in [0.1, 0.15) is 11.3 Å². The average molecular weight is 387 g/mol. The van der Waals surface area contributed by atoms with E-state index in [4.69, 9.17) is 4.98 Å². The molecule has 4 aromatic rings. The number of hydrogen-bond acceptors (Lipinski definition) is 3. The van der Waals surface area contributed by atoms with E-state index in [9.17, 15) is 9.59 Å². The van der Waals surface area contributed by atoms with Crippen molar-refractivity contribution in [3.63, 3.8) is 0 Å². The van der Waals surface area contributed by atoms with Gasteiger partial charge in [-0.3, -0.25) is 4.79 Å². The molecule has 146 valence electrons. The molecule has 1 aromatic carbocycles. The number of likely N-dealkylation sites (tertiary alicyclic amines) is 1. The smallest absolute Gasteiger partial charge is 0.323 e. The summed E-state index contributed by atoms with van der Waals surface area (Å²) in [6, 6.07) is 16.4. The van der Waals surface area contributed by atoms with E-state index in [1.54, 1.807) is 4.90 Å². The molecule has 29 heavy (non-hydrogen) atoms. The monoisotopic (exact) mass is 387 g/mol. The highest BCUT2D eigenvalue weighted by molar-refractivity contribution is 5.92. The standard InChI is InChI=1S/C22H21N5O2/c28-20(17-14-23-21(29)24-17)26-12-9-22(10-13-26,16-6-2-1-3-7-16)18-15-27-11-5-4-8-19(27)25-18/h1-8,11,14-15H,9-10,12-13H2,(H2,23,24,29). The topological polar surface area (TPSA) is 86.3 Å². The van der Waals surface area contributed by atoms with Crippen molar-refractivity contribution in [1.29, 1.82) is 0 Å². The fraction of sp³-hybridized carbons (Fsp3) is 0.227. The van der Waals surface area contributed by atoms with Crippen LogP contribution in [-0.2, 0) is 5.41 Å². The van der Waals surface area contributed by atoms with Gasteiger partial charge in [-0.1, -0.05) is 36.4 Å². The van der Waals surface area contributed by atoms with Crippen LogP contribution in [0.4, 0.5) is 0 Å². The van der Waals surface area contributed by atoms with Gasteiger partial charge >= 0.3 is 5.69 Å². The van der Waals surface area contributed by atoms with Crippen molar-refractivity contribution < 1.29 is 4.79 Å². The summed E-state index contributed by atoms with van der Waals surface area (Å²) in [5.41, 5.74) is 2.84. The zero-order valence-corrected chi connectivity index (χ0v) is 15.8. The molecular formula is C22H21N5O2. The first kappa shape index (κ1) is 17.5. The second-order valence-corrected chi connectivity index (χ2v) is 7.49. The lowest BCUT2D eigenvalue weighted by Crippen LogP contribution is -2.46. The number of carbonyl (C=O) groups is 1. The van der Waals surface area contributed by atoms with Crippen LogP contribution in [0.5, 0.6) is 0 Å². The Balaban J connectivity index is 1.50. The summed E-state index contributed by atoms with van der Waals surface area (Å²) in [7, 11) is 0. The van der Waals surface area contributed by atoms with Gasteiger partial charge in [0.15, 0.2) is 0 Å². The summed E-state index contributed by atoms with van der Waals surface area (Å²) in [4.78, 5) is 35.9. The predicted molar refractivity (Wildman–Crippen MR) is 109 cm³/mol. The van der Waals surface area contributed by atoms with Crippen LogP contribution in [0, 0.1) is 0 Å². The minimum absolute atomic E-state index is 0.153. The molecule has 3 aromatic heterocycles. The van der Waals surface area contributed by atoms with Gasteiger partial charge in [0, 0.05) is 37.1 Å². The van der Waals surface area contributed by atoms with Gasteiger partial charge in [0.25, 0.3) is 5.91 Å². The van der Waals surface area contributed by atoms with Gasteiger partial charge in [-0.2, -0.15) is 0 Å². The second kappa shape index (κ2) is 6.77. The van der Waals surface area contributed by atoms with Crippen molar-refractivity contribution in [2.75, 3.05) is 13.1 Å². The van der Waals surface area contributed by atoms with Gasteiger partial charge in [-0.25, -0.2) is 9.78 Å². The van der Waals surface area contributed by atoms with Crippen LogP contribution in [0.3, 0.4) is 0 Å². The first-order valence-corrected chi connectivity index (χ1v) is 9.72. The highest BCUT2D eigenvalue weighted by atomic mass is 16.2. The van der Waals surface area contributed by atoms with Gasteiger partial charge in [-0.15, -0.1) is 0 Å². The average Bonchev–Trinajstić information content (AvgIpc) is 3.40. The number of hydrogen-bond donors (Lipinski definition) is 2. The summed E-state index contributed by atoms with van der Waals surface area (Å²) < 4.78 is 2.04. The van der Waals surface area contributed by atoms with E-state index < -0.39 is 0 Å². The van der Waals surface area contributed by atoms with Crippen molar-refractivity contribution in [3.8, 4) is 0 Å². The first-order chi connectivity index (χ1) is 14.2. The van der Waals surface area contributed by atoms with E-state index in [-0.39, 0.29) is 17.0 Å². The molecule has 0 saturated carbocycles. The minimum atomic E-state index is -0.367. The maximum Gasteiger partial charge on any atom is 0.323 e. The highest BCUT2D eigenvalue weighted by Crippen LogP contribution is 2.41. The maximum absolute atomic E-state index is 12.8. The van der Waals surface area contributed by atoms with Crippen molar-refractivity contribution >= 4 is 11.6 Å². The molecule has 1 aliphatic heterocycles. The number of rotatable bonds is 3. The molecule has 0 bridgehead atoms. The molecule has 4 heterocycles. The molecule has 7 heteroatoms. The molecule has 0 radical (unpaired) electrons. The number of carbonyl (C=O) groups excluding carboxylic acids is 1. The van der Waals surface area contributed by atoms with E-state index in [1.165, 1.54) is 11.8 Å². The fourth-order valence-corrected chi connectivity index (χ4v) is 4.32. The maximum atomic E-state index is 12.8. The summed E-state index contributed by atoms with van der Waals surface area (Å²) in [5, 5.41) is 0. The lowest BCUT2D eigenvalue weighted by atomic mass is 9.70. The fourth-order valence-electron chi connectivity index (χ4n) is 4.32. The summed E-state index contributed by atoms with van der Waals surface area (Å²) in [5.74, 6) is -0.153. The van der Waals surface area contributed by atoms with Crippen LogP contribution in [-0.4, -0.2) is 43.2 Å². The molecular weight excluding hydrogens is 366 g/mol. The Morgan fingerprint density at radius 3 is 2.48 bits per heavy atom. The number of H-pyrrole nitrogens is 2. The van der Waals surface area contributed by atoms with Gasteiger partial charge in [0.2, 0.25) is 0 Å². The number of nitrogens with one attached hydrogen (secondary N) is 2. The van der Waals surface area contributed by atoms with Crippen LogP contribution >= 0.6 is 0 Å². The van der Waals surface area contributed by atoms with Gasteiger partial charge in [0.05, 0.1) is 5.69 Å². The number of fused-ring (bicyclic) bond motifs is 1. The van der Waals surface area contributed by atoms with E-state index in [0.29, 0.717) is 18.8 Å². The minimum Gasteiger partial charge on any atom is -0.337 e. The van der Waals surface area contributed by atoms with Crippen molar-refractivity contribution in [3.05, 3.63) is 94.6 Å². The Hall–Kier alpha value is -3.61. The van der Waals surface area contributed by atoms with Gasteiger partial charge in [-0.05, 0) is 30.5 Å². The Morgan fingerprint density at radius 1 is 1.03 bits per heavy atom. The van der Waals surface area contributed by atoms with E-state index in [2.05, 4.69) is 40.4 Å². The number of imidazole rings is 2. The molecule has 5 rings (SSSR count). The molecule has 1 fully saturated rings.